The number of nitrogens with zero attached hydrogens (tertiary/aromatic N) is 1. The number of H-pyrrole nitrogens is 1. The van der Waals surface area contributed by atoms with Gasteiger partial charge in [0.1, 0.15) is 0 Å². The van der Waals surface area contributed by atoms with Gasteiger partial charge in [-0.1, -0.05) is 27.7 Å². The molecular weight excluding hydrogens is 380 g/mol. The Bertz CT molecular complexity index is 855. The van der Waals surface area contributed by atoms with Crippen molar-refractivity contribution >= 4 is 14.3 Å². The van der Waals surface area contributed by atoms with E-state index in [1.807, 2.05) is 6.92 Å². The van der Waals surface area contributed by atoms with Crippen molar-refractivity contribution in [2.75, 3.05) is 6.61 Å². The topological polar surface area (TPSA) is 99.6 Å². The molecule has 3 rings (SSSR count). The largest absolute Gasteiger partial charge is 0.457 e. The minimum absolute atomic E-state index is 0.0480. The van der Waals surface area contributed by atoms with Crippen LogP contribution in [0.25, 0.3) is 0 Å². The zero-order valence-corrected chi connectivity index (χ0v) is 18.4. The molecule has 3 heterocycles. The monoisotopic (exact) mass is 410 g/mol. The van der Waals surface area contributed by atoms with Gasteiger partial charge >= 0.3 is 11.7 Å². The summed E-state index contributed by atoms with van der Waals surface area (Å²) in [6.45, 7) is 13.1. The van der Waals surface area contributed by atoms with Crippen LogP contribution in [0.3, 0.4) is 0 Å². The number of carbonyl (C=O) groups excluding carboxylic acids is 1. The third-order valence-corrected chi connectivity index (χ3v) is 10.9. The Kier molecular flexibility index (Phi) is 5.46. The zero-order valence-electron chi connectivity index (χ0n) is 17.4. The number of hydrogen-bond acceptors (Lipinski definition) is 6. The van der Waals surface area contributed by atoms with E-state index in [-0.39, 0.29) is 28.9 Å². The fourth-order valence-electron chi connectivity index (χ4n) is 3.70. The molecule has 156 valence electrons. The molecular formula is C19H30N2O6Si. The molecule has 5 atom stereocenters. The lowest BCUT2D eigenvalue weighted by molar-refractivity contribution is -0.153. The number of ether oxygens (including phenoxy) is 2. The number of fused-ring (bicyclic) bond motifs is 1. The third kappa shape index (κ3) is 3.62. The maximum atomic E-state index is 12.4. The van der Waals surface area contributed by atoms with E-state index in [0.717, 1.165) is 0 Å². The lowest BCUT2D eigenvalue weighted by Gasteiger charge is -2.37. The molecule has 1 aromatic rings. The molecule has 2 saturated heterocycles. The van der Waals surface area contributed by atoms with Crippen molar-refractivity contribution in [1.82, 2.24) is 9.55 Å². The average molecular weight is 411 g/mol. The molecule has 0 aromatic carbocycles. The Hall–Kier alpha value is -1.71. The van der Waals surface area contributed by atoms with Crippen LogP contribution in [0.1, 0.15) is 40.3 Å². The molecule has 2 fully saturated rings. The van der Waals surface area contributed by atoms with E-state index in [1.165, 1.54) is 16.8 Å². The molecule has 0 bridgehead atoms. The van der Waals surface area contributed by atoms with E-state index in [9.17, 15) is 14.4 Å². The summed E-state index contributed by atoms with van der Waals surface area (Å²) in [6, 6.07) is 1.26. The summed E-state index contributed by atoms with van der Waals surface area (Å²) in [6.07, 6.45) is 0.302. The van der Waals surface area contributed by atoms with Crippen molar-refractivity contribution < 1.29 is 18.7 Å². The number of hydrogen-bond donors (Lipinski definition) is 1. The van der Waals surface area contributed by atoms with E-state index in [0.29, 0.717) is 13.0 Å². The first-order valence-electron chi connectivity index (χ1n) is 9.77. The second kappa shape index (κ2) is 7.27. The first kappa shape index (κ1) is 21.0. The third-order valence-electron chi connectivity index (χ3n) is 6.40. The van der Waals surface area contributed by atoms with Crippen LogP contribution in [0.4, 0.5) is 0 Å². The van der Waals surface area contributed by atoms with Gasteiger partial charge in [-0.3, -0.25) is 19.1 Å². The number of carbonyl (C=O) groups is 1. The summed E-state index contributed by atoms with van der Waals surface area (Å²) in [5.41, 5.74) is -1.07. The van der Waals surface area contributed by atoms with Crippen LogP contribution in [-0.4, -0.2) is 42.7 Å². The van der Waals surface area contributed by atoms with Crippen molar-refractivity contribution in [2.24, 2.45) is 11.8 Å². The molecule has 8 nitrogen and oxygen atoms in total. The summed E-state index contributed by atoms with van der Waals surface area (Å²) < 4.78 is 19.4. The molecule has 0 unspecified atom stereocenters. The van der Waals surface area contributed by atoms with Crippen LogP contribution < -0.4 is 11.2 Å². The zero-order chi connectivity index (χ0) is 20.9. The van der Waals surface area contributed by atoms with Gasteiger partial charge in [0.05, 0.1) is 18.6 Å². The minimum atomic E-state index is -2.01. The predicted octanol–water partition coefficient (Wildman–Crippen LogP) is 2.02. The summed E-state index contributed by atoms with van der Waals surface area (Å²) >= 11 is 0. The quantitative estimate of drug-likeness (QED) is 0.589. The first-order valence-corrected chi connectivity index (χ1v) is 12.7. The minimum Gasteiger partial charge on any atom is -0.457 e. The highest BCUT2D eigenvalue weighted by molar-refractivity contribution is 6.74. The van der Waals surface area contributed by atoms with Crippen LogP contribution in [0.15, 0.2) is 21.9 Å². The van der Waals surface area contributed by atoms with Crippen LogP contribution in [0.5, 0.6) is 0 Å². The van der Waals surface area contributed by atoms with E-state index >= 15 is 0 Å². The number of aromatic nitrogens is 2. The van der Waals surface area contributed by atoms with Crippen molar-refractivity contribution in [2.45, 2.75) is 70.7 Å². The normalized spacial score (nSPS) is 30.4. The Labute approximate surface area is 165 Å². The van der Waals surface area contributed by atoms with Gasteiger partial charge in [-0.25, -0.2) is 4.79 Å². The Morgan fingerprint density at radius 2 is 1.93 bits per heavy atom. The van der Waals surface area contributed by atoms with Gasteiger partial charge in [-0.15, -0.1) is 0 Å². The molecule has 0 saturated carbocycles. The maximum absolute atomic E-state index is 12.4. The summed E-state index contributed by atoms with van der Waals surface area (Å²) in [4.78, 5) is 38.3. The molecule has 1 N–H and O–H groups in total. The second-order valence-electron chi connectivity index (χ2n) is 9.15. The molecule has 2 aliphatic rings. The standard InChI is InChI=1S/C19H30N2O6Si/c1-7-11-14-12(10-25-28(5,6)19(2,3)4)26-16(15(14)27-17(11)23)21-9-8-13(22)20-18(21)24/h8-9,11-12,14-16H,7,10H2,1-6H3,(H,20,22,24)/t11-,12-,14-,15-,16-/m1/s1. The molecule has 1 aromatic heterocycles. The summed E-state index contributed by atoms with van der Waals surface area (Å²) in [7, 11) is -2.01. The van der Waals surface area contributed by atoms with E-state index < -0.39 is 31.9 Å². The molecule has 9 heteroatoms. The molecule has 2 aliphatic heterocycles. The van der Waals surface area contributed by atoms with E-state index in [2.05, 4.69) is 38.8 Å². The smallest absolute Gasteiger partial charge is 0.330 e. The van der Waals surface area contributed by atoms with Gasteiger partial charge in [0.2, 0.25) is 0 Å². The summed E-state index contributed by atoms with van der Waals surface area (Å²) in [5, 5.41) is 0.0480. The molecule has 0 amide bonds. The van der Waals surface area contributed by atoms with Gasteiger partial charge in [0.15, 0.2) is 20.6 Å². The number of aromatic amines is 1. The first-order chi connectivity index (χ1) is 13.0. The van der Waals surface area contributed by atoms with Crippen LogP contribution >= 0.6 is 0 Å². The van der Waals surface area contributed by atoms with Gasteiger partial charge < -0.3 is 13.9 Å². The molecule has 0 radical (unpaired) electrons. The van der Waals surface area contributed by atoms with Gasteiger partial charge in [-0.05, 0) is 24.6 Å². The van der Waals surface area contributed by atoms with Gasteiger partial charge in [0.25, 0.3) is 5.56 Å². The van der Waals surface area contributed by atoms with Crippen molar-refractivity contribution in [3.05, 3.63) is 33.1 Å². The predicted molar refractivity (Wildman–Crippen MR) is 106 cm³/mol. The Balaban J connectivity index is 1.89. The van der Waals surface area contributed by atoms with Crippen molar-refractivity contribution in [3.8, 4) is 0 Å². The fraction of sp³-hybridized carbons (Fsp3) is 0.737. The number of rotatable bonds is 5. The van der Waals surface area contributed by atoms with Gasteiger partial charge in [0, 0.05) is 18.2 Å². The van der Waals surface area contributed by atoms with E-state index in [1.54, 1.807) is 0 Å². The fourth-order valence-corrected chi connectivity index (χ4v) is 4.71. The van der Waals surface area contributed by atoms with Crippen LogP contribution in [-0.2, 0) is 18.7 Å². The highest BCUT2D eigenvalue weighted by Crippen LogP contribution is 2.47. The van der Waals surface area contributed by atoms with Crippen LogP contribution in [0, 0.1) is 11.8 Å². The lowest BCUT2D eigenvalue weighted by Crippen LogP contribution is -2.44. The lowest BCUT2D eigenvalue weighted by atomic mass is 9.85. The Morgan fingerprint density at radius 1 is 1.25 bits per heavy atom. The highest BCUT2D eigenvalue weighted by atomic mass is 28.4. The molecule has 28 heavy (non-hydrogen) atoms. The molecule has 0 spiro atoms. The second-order valence-corrected chi connectivity index (χ2v) is 14.0. The van der Waals surface area contributed by atoms with Crippen molar-refractivity contribution in [1.29, 1.82) is 0 Å². The summed E-state index contributed by atoms with van der Waals surface area (Å²) in [5.74, 6) is -0.742. The van der Waals surface area contributed by atoms with Gasteiger partial charge in [-0.2, -0.15) is 0 Å². The maximum Gasteiger partial charge on any atom is 0.330 e. The van der Waals surface area contributed by atoms with Crippen LogP contribution in [0.2, 0.25) is 18.1 Å². The molecule has 0 aliphatic carbocycles. The number of esters is 1. The van der Waals surface area contributed by atoms with Crippen molar-refractivity contribution in [3.63, 3.8) is 0 Å². The SMILES string of the molecule is CC[C@H]1C(=O)O[C@@H]2[C@H]1[C@@H](CO[Si](C)(C)C(C)(C)C)O[C@H]2n1ccc(=O)[nH]c1=O. The number of nitrogens with one attached hydrogen (secondary N) is 1. The Morgan fingerprint density at radius 3 is 2.50 bits per heavy atom. The van der Waals surface area contributed by atoms with E-state index in [4.69, 9.17) is 13.9 Å². The average Bonchev–Trinajstić information content (AvgIpc) is 3.08. The highest BCUT2D eigenvalue weighted by Gasteiger charge is 2.58.